The van der Waals surface area contributed by atoms with Crippen molar-refractivity contribution >= 4 is 5.78 Å². The van der Waals surface area contributed by atoms with Crippen LogP contribution in [-0.4, -0.2) is 81.3 Å². The van der Waals surface area contributed by atoms with E-state index in [4.69, 9.17) is 9.47 Å². The van der Waals surface area contributed by atoms with Crippen LogP contribution in [-0.2, 0) is 14.3 Å². The first kappa shape index (κ1) is 23.1. The smallest absolute Gasteiger partial charge is 0.186 e. The Morgan fingerprint density at radius 2 is 1.79 bits per heavy atom. The van der Waals surface area contributed by atoms with Crippen LogP contribution >= 0.6 is 0 Å². The number of carbonyl (C=O) groups excluding carboxylic acids is 1. The fraction of sp³-hybridized carbons (Fsp3) is 0.952. The van der Waals surface area contributed by atoms with Gasteiger partial charge in [0, 0.05) is 5.92 Å². The summed E-state index contributed by atoms with van der Waals surface area (Å²) in [5.74, 6) is 0.289. The number of hydrogen-bond donors (Lipinski definition) is 5. The van der Waals surface area contributed by atoms with Crippen LogP contribution in [0.2, 0.25) is 0 Å². The lowest BCUT2D eigenvalue weighted by molar-refractivity contribution is -0.319. The first-order valence-electron chi connectivity index (χ1n) is 10.7. The number of rotatable bonds is 6. The first-order valence-corrected chi connectivity index (χ1v) is 10.7. The Hall–Kier alpha value is -0.610. The Balaban J connectivity index is 1.79. The number of aliphatic hydroxyl groups is 5. The van der Waals surface area contributed by atoms with Crippen LogP contribution in [0.1, 0.15) is 46.5 Å². The predicted octanol–water partition coefficient (Wildman–Crippen LogP) is -0.169. The maximum atomic E-state index is 12.6. The molecule has 0 amide bonds. The van der Waals surface area contributed by atoms with Crippen LogP contribution in [0.4, 0.5) is 0 Å². The summed E-state index contributed by atoms with van der Waals surface area (Å²) >= 11 is 0. The SMILES string of the molecule is CC(C)[C@@H]1CC[C@@]2(C)[C@@H](O[C@@H]3O[C@H](CO)[C@@H](O)[C@H](O)[C@H]3O)CC[C@H]2[C@H]1C(=O)CO. The van der Waals surface area contributed by atoms with Crippen LogP contribution in [0.5, 0.6) is 0 Å². The second-order valence-electron chi connectivity index (χ2n) is 9.61. The van der Waals surface area contributed by atoms with E-state index in [1.54, 1.807) is 0 Å². The molecular weight excluding hydrogens is 380 g/mol. The summed E-state index contributed by atoms with van der Waals surface area (Å²) < 4.78 is 11.6. The van der Waals surface area contributed by atoms with Crippen LogP contribution in [0.3, 0.4) is 0 Å². The molecule has 3 rings (SSSR count). The highest BCUT2D eigenvalue weighted by atomic mass is 16.7. The Morgan fingerprint density at radius 1 is 1.10 bits per heavy atom. The summed E-state index contributed by atoms with van der Waals surface area (Å²) in [6.07, 6.45) is -3.63. The van der Waals surface area contributed by atoms with E-state index in [1.807, 2.05) is 0 Å². The summed E-state index contributed by atoms with van der Waals surface area (Å²) in [6.45, 7) is 5.36. The van der Waals surface area contributed by atoms with Crippen LogP contribution < -0.4 is 0 Å². The van der Waals surface area contributed by atoms with E-state index in [0.29, 0.717) is 12.3 Å². The lowest BCUT2D eigenvalue weighted by Gasteiger charge is -2.50. The Labute approximate surface area is 171 Å². The Bertz CT molecular complexity index is 581. The minimum atomic E-state index is -1.48. The third-order valence-corrected chi connectivity index (χ3v) is 7.76. The van der Waals surface area contributed by atoms with E-state index in [0.717, 1.165) is 19.3 Å². The van der Waals surface area contributed by atoms with Gasteiger partial charge in [0.25, 0.3) is 0 Å². The molecule has 29 heavy (non-hydrogen) atoms. The van der Waals surface area contributed by atoms with E-state index >= 15 is 0 Å². The van der Waals surface area contributed by atoms with Crippen molar-refractivity contribution in [1.82, 2.24) is 0 Å². The molecule has 0 bridgehead atoms. The van der Waals surface area contributed by atoms with Crippen molar-refractivity contribution in [2.45, 2.75) is 83.3 Å². The zero-order valence-corrected chi connectivity index (χ0v) is 17.5. The van der Waals surface area contributed by atoms with Gasteiger partial charge in [-0.1, -0.05) is 20.8 Å². The maximum absolute atomic E-state index is 12.6. The second-order valence-corrected chi connectivity index (χ2v) is 9.61. The molecule has 1 heterocycles. The lowest BCUT2D eigenvalue weighted by atomic mass is 9.56. The summed E-state index contributed by atoms with van der Waals surface area (Å²) in [5.41, 5.74) is -0.320. The highest BCUT2D eigenvalue weighted by Crippen LogP contribution is 2.58. The molecule has 0 radical (unpaired) electrons. The van der Waals surface area contributed by atoms with Crippen LogP contribution in [0, 0.1) is 29.1 Å². The second kappa shape index (κ2) is 8.86. The molecule has 1 saturated heterocycles. The molecule has 0 spiro atoms. The molecule has 2 aliphatic carbocycles. The molecule has 8 nitrogen and oxygen atoms in total. The molecule has 0 aromatic heterocycles. The van der Waals surface area contributed by atoms with Gasteiger partial charge in [0.15, 0.2) is 12.1 Å². The van der Waals surface area contributed by atoms with Gasteiger partial charge in [-0.25, -0.2) is 0 Å². The quantitative estimate of drug-likeness (QED) is 0.403. The molecule has 168 valence electrons. The van der Waals surface area contributed by atoms with Crippen molar-refractivity contribution in [1.29, 1.82) is 0 Å². The van der Waals surface area contributed by atoms with Crippen molar-refractivity contribution in [3.8, 4) is 0 Å². The molecule has 0 unspecified atom stereocenters. The van der Waals surface area contributed by atoms with E-state index in [-0.39, 0.29) is 35.1 Å². The zero-order chi connectivity index (χ0) is 21.5. The van der Waals surface area contributed by atoms with Gasteiger partial charge in [-0.3, -0.25) is 4.79 Å². The number of hydrogen-bond acceptors (Lipinski definition) is 8. The molecule has 1 aliphatic heterocycles. The molecule has 0 aromatic rings. The maximum Gasteiger partial charge on any atom is 0.186 e. The van der Waals surface area contributed by atoms with Crippen molar-refractivity contribution < 1.29 is 39.8 Å². The molecule has 10 atom stereocenters. The van der Waals surface area contributed by atoms with Crippen LogP contribution in [0.15, 0.2) is 0 Å². The van der Waals surface area contributed by atoms with Gasteiger partial charge in [-0.15, -0.1) is 0 Å². The zero-order valence-electron chi connectivity index (χ0n) is 17.5. The Kier molecular flexibility index (Phi) is 7.05. The fourth-order valence-corrected chi connectivity index (χ4v) is 6.00. The highest BCUT2D eigenvalue weighted by molar-refractivity contribution is 5.83. The van der Waals surface area contributed by atoms with Gasteiger partial charge in [0.05, 0.1) is 12.7 Å². The predicted molar refractivity (Wildman–Crippen MR) is 103 cm³/mol. The van der Waals surface area contributed by atoms with Gasteiger partial charge in [0.1, 0.15) is 31.0 Å². The van der Waals surface area contributed by atoms with E-state index in [2.05, 4.69) is 20.8 Å². The summed E-state index contributed by atoms with van der Waals surface area (Å²) in [4.78, 5) is 12.6. The minimum absolute atomic E-state index is 0.0678. The molecular formula is C21H36O8. The topological polar surface area (TPSA) is 137 Å². The molecule has 3 fully saturated rings. The highest BCUT2D eigenvalue weighted by Gasteiger charge is 2.58. The van der Waals surface area contributed by atoms with E-state index in [1.165, 1.54) is 0 Å². The third-order valence-electron chi connectivity index (χ3n) is 7.76. The number of Topliss-reactive ketones (excluding diaryl/α,β-unsaturated/α-hetero) is 1. The summed E-state index contributed by atoms with van der Waals surface area (Å²) in [7, 11) is 0. The van der Waals surface area contributed by atoms with Gasteiger partial charge in [-0.05, 0) is 48.9 Å². The van der Waals surface area contributed by atoms with E-state index < -0.39 is 43.9 Å². The first-order chi connectivity index (χ1) is 13.7. The van der Waals surface area contributed by atoms with Crippen molar-refractivity contribution in [3.05, 3.63) is 0 Å². The molecule has 0 aromatic carbocycles. The largest absolute Gasteiger partial charge is 0.394 e. The fourth-order valence-electron chi connectivity index (χ4n) is 6.00. The average Bonchev–Trinajstić information content (AvgIpc) is 3.02. The van der Waals surface area contributed by atoms with Gasteiger partial charge in [0.2, 0.25) is 0 Å². The normalized spacial score (nSPS) is 48.0. The number of aliphatic hydroxyl groups excluding tert-OH is 5. The van der Waals surface area contributed by atoms with Gasteiger partial charge < -0.3 is 35.0 Å². The standard InChI is InChI=1S/C21H36O8/c1-10(2)11-6-7-21(3)12(16(11)13(24)8-22)4-5-15(21)29-20-19(27)18(26)17(25)14(9-23)28-20/h10-12,14-20,22-23,25-27H,4-9H2,1-3H3/t11-,12-,14+,15-,16-,17+,18-,19+,20-,21+/m0/s1. The minimum Gasteiger partial charge on any atom is -0.394 e. The lowest BCUT2D eigenvalue weighted by Crippen LogP contribution is -2.60. The molecule has 8 heteroatoms. The monoisotopic (exact) mass is 416 g/mol. The summed E-state index contributed by atoms with van der Waals surface area (Å²) in [5, 5.41) is 49.3. The van der Waals surface area contributed by atoms with Gasteiger partial charge in [-0.2, -0.15) is 0 Å². The van der Waals surface area contributed by atoms with Crippen LogP contribution in [0.25, 0.3) is 0 Å². The molecule has 5 N–H and O–H groups in total. The summed E-state index contributed by atoms with van der Waals surface area (Å²) in [6, 6.07) is 0. The third kappa shape index (κ3) is 4.01. The van der Waals surface area contributed by atoms with E-state index in [9.17, 15) is 30.3 Å². The number of ketones is 1. The average molecular weight is 417 g/mol. The number of fused-ring (bicyclic) bond motifs is 1. The molecule has 2 saturated carbocycles. The number of carbonyl (C=O) groups is 1. The van der Waals surface area contributed by atoms with Crippen molar-refractivity contribution in [2.75, 3.05) is 13.2 Å². The number of ether oxygens (including phenoxy) is 2. The van der Waals surface area contributed by atoms with Gasteiger partial charge >= 0.3 is 0 Å². The van der Waals surface area contributed by atoms with Crippen molar-refractivity contribution in [2.24, 2.45) is 29.1 Å². The Morgan fingerprint density at radius 3 is 2.38 bits per heavy atom. The molecule has 3 aliphatic rings. The van der Waals surface area contributed by atoms with Crippen molar-refractivity contribution in [3.63, 3.8) is 0 Å².